The molecule has 1 N–H and O–H groups in total. The van der Waals surface area contributed by atoms with Gasteiger partial charge in [0.25, 0.3) is 0 Å². The zero-order chi connectivity index (χ0) is 26.9. The number of piperidine rings is 1. The van der Waals surface area contributed by atoms with E-state index in [0.29, 0.717) is 5.71 Å². The van der Waals surface area contributed by atoms with E-state index in [1.165, 1.54) is 19.3 Å². The van der Waals surface area contributed by atoms with Crippen molar-refractivity contribution in [1.29, 1.82) is 0 Å². The van der Waals surface area contributed by atoms with Gasteiger partial charge in [0.15, 0.2) is 0 Å². The maximum atomic E-state index is 4.97. The van der Waals surface area contributed by atoms with Crippen molar-refractivity contribution in [3.8, 4) is 0 Å². The van der Waals surface area contributed by atoms with Crippen LogP contribution in [0, 0.1) is 0 Å². The van der Waals surface area contributed by atoms with E-state index in [2.05, 4.69) is 77.8 Å². The second-order valence-corrected chi connectivity index (χ2v) is 9.58. The fourth-order valence-corrected chi connectivity index (χ4v) is 4.60. The summed E-state index contributed by atoms with van der Waals surface area (Å²) >= 11 is 0. The first-order chi connectivity index (χ1) is 18.5. The minimum absolute atomic E-state index is 0.710. The lowest BCUT2D eigenvalue weighted by Crippen LogP contribution is -2.30. The van der Waals surface area contributed by atoms with Crippen LogP contribution in [-0.2, 0) is 0 Å². The van der Waals surface area contributed by atoms with Gasteiger partial charge in [-0.2, -0.15) is 0 Å². The number of pyridine rings is 2. The Hall–Kier alpha value is -4.19. The van der Waals surface area contributed by atoms with Gasteiger partial charge in [0, 0.05) is 56.8 Å². The summed E-state index contributed by atoms with van der Waals surface area (Å²) in [5.74, 6) is 1.83. The lowest BCUT2D eigenvalue weighted by molar-refractivity contribution is 0.507. The largest absolute Gasteiger partial charge is 0.363 e. The summed E-state index contributed by atoms with van der Waals surface area (Å²) in [7, 11) is 3.90. The smallest absolute Gasteiger partial charge is 0.129 e. The number of nitrogens with zero attached hydrogens (tertiary/aromatic N) is 5. The zero-order valence-electron chi connectivity index (χ0n) is 22.8. The quantitative estimate of drug-likeness (QED) is 0.313. The summed E-state index contributed by atoms with van der Waals surface area (Å²) in [6.45, 7) is 12.0. The molecule has 0 bridgehead atoms. The molecule has 2 aromatic rings. The van der Waals surface area contributed by atoms with E-state index in [9.17, 15) is 0 Å². The normalized spacial score (nSPS) is 16.3. The molecule has 1 aliphatic heterocycles. The van der Waals surface area contributed by atoms with Crippen molar-refractivity contribution in [2.45, 2.75) is 32.6 Å². The number of aromatic nitrogens is 2. The molecular weight excluding hydrogens is 468 g/mol. The molecule has 196 valence electrons. The molecule has 6 nitrogen and oxygen atoms in total. The number of rotatable bonds is 9. The van der Waals surface area contributed by atoms with Crippen molar-refractivity contribution >= 4 is 29.4 Å². The molecule has 1 saturated heterocycles. The Morgan fingerprint density at radius 1 is 1.13 bits per heavy atom. The van der Waals surface area contributed by atoms with Crippen LogP contribution in [-0.4, -0.2) is 47.8 Å². The van der Waals surface area contributed by atoms with Gasteiger partial charge in [-0.25, -0.2) is 15.0 Å². The van der Waals surface area contributed by atoms with Crippen LogP contribution in [0.1, 0.15) is 55.1 Å². The molecular formula is C32H38N6. The first-order valence-electron chi connectivity index (χ1n) is 13.3. The molecule has 0 saturated carbocycles. The van der Waals surface area contributed by atoms with E-state index in [0.717, 1.165) is 65.1 Å². The molecule has 6 heteroatoms. The van der Waals surface area contributed by atoms with Gasteiger partial charge in [0.2, 0.25) is 0 Å². The van der Waals surface area contributed by atoms with Crippen LogP contribution >= 0.6 is 0 Å². The fraction of sp³-hybridized carbons (Fsp3) is 0.281. The van der Waals surface area contributed by atoms with Gasteiger partial charge in [0.05, 0.1) is 17.1 Å². The fourth-order valence-electron chi connectivity index (χ4n) is 4.60. The highest BCUT2D eigenvalue weighted by molar-refractivity contribution is 6.07. The van der Waals surface area contributed by atoms with E-state index in [-0.39, 0.29) is 0 Å². The first-order valence-corrected chi connectivity index (χ1v) is 13.3. The van der Waals surface area contributed by atoms with Crippen LogP contribution in [0.3, 0.4) is 0 Å². The topological polar surface area (TPSA) is 56.7 Å². The van der Waals surface area contributed by atoms with Gasteiger partial charge < -0.3 is 15.1 Å². The molecule has 0 atom stereocenters. The monoisotopic (exact) mass is 506 g/mol. The van der Waals surface area contributed by atoms with E-state index in [1.54, 1.807) is 12.2 Å². The maximum Gasteiger partial charge on any atom is 0.129 e. The van der Waals surface area contributed by atoms with Crippen LogP contribution in [0.5, 0.6) is 0 Å². The lowest BCUT2D eigenvalue weighted by Gasteiger charge is -2.28. The van der Waals surface area contributed by atoms with Gasteiger partial charge in [-0.15, -0.1) is 0 Å². The van der Waals surface area contributed by atoms with Crippen LogP contribution in [0.4, 0.5) is 5.82 Å². The number of nitrogens with one attached hydrogen (secondary N) is 1. The van der Waals surface area contributed by atoms with Gasteiger partial charge >= 0.3 is 0 Å². The maximum absolute atomic E-state index is 4.97. The summed E-state index contributed by atoms with van der Waals surface area (Å²) in [5.41, 5.74) is 6.71. The molecule has 0 unspecified atom stereocenters. The number of aliphatic imine (C=N–C) groups is 1. The van der Waals surface area contributed by atoms with Crippen molar-refractivity contribution in [3.63, 3.8) is 0 Å². The summed E-state index contributed by atoms with van der Waals surface area (Å²) in [6.07, 6.45) is 20.3. The summed E-state index contributed by atoms with van der Waals surface area (Å²) < 4.78 is 0. The second kappa shape index (κ2) is 12.9. The van der Waals surface area contributed by atoms with E-state index in [4.69, 9.17) is 9.98 Å². The average Bonchev–Trinajstić information content (AvgIpc) is 3.15. The van der Waals surface area contributed by atoms with Gasteiger partial charge in [-0.3, -0.25) is 0 Å². The Labute approximate surface area is 227 Å². The van der Waals surface area contributed by atoms with E-state index < -0.39 is 0 Å². The Morgan fingerprint density at radius 3 is 2.66 bits per heavy atom. The molecule has 38 heavy (non-hydrogen) atoms. The van der Waals surface area contributed by atoms with Crippen molar-refractivity contribution in [3.05, 3.63) is 108 Å². The molecule has 0 aromatic carbocycles. The predicted octanol–water partition coefficient (Wildman–Crippen LogP) is 6.44. The Balaban J connectivity index is 1.62. The van der Waals surface area contributed by atoms with Crippen LogP contribution in [0.25, 0.3) is 17.8 Å². The van der Waals surface area contributed by atoms with Crippen molar-refractivity contribution in [2.24, 2.45) is 4.99 Å². The number of anilines is 1. The van der Waals surface area contributed by atoms with Crippen molar-refractivity contribution in [2.75, 3.05) is 32.1 Å². The zero-order valence-corrected chi connectivity index (χ0v) is 22.8. The predicted molar refractivity (Wildman–Crippen MR) is 162 cm³/mol. The molecule has 3 heterocycles. The van der Waals surface area contributed by atoms with Crippen LogP contribution in [0.2, 0.25) is 0 Å². The van der Waals surface area contributed by atoms with Crippen molar-refractivity contribution < 1.29 is 0 Å². The van der Waals surface area contributed by atoms with Gasteiger partial charge in [0.1, 0.15) is 11.6 Å². The average molecular weight is 507 g/mol. The standard InChI is InChI=1S/C32H38N6/c1-6-13-31(37(4)5)36-28(8-3)29-17-16-24-14-12-15-26(23-30(24)35-29)34-27(7-2)25-18-19-33-32(22-25)38-20-10-9-11-21-38/h6-8,12-14,16-19,22-23,34H,1,3,9-11,15,20-21H2,2,4-5H3/b27-7-,31-13+,36-28+. The summed E-state index contributed by atoms with van der Waals surface area (Å²) in [4.78, 5) is 18.7. The highest BCUT2D eigenvalue weighted by Crippen LogP contribution is 2.25. The van der Waals surface area contributed by atoms with Crippen molar-refractivity contribution in [1.82, 2.24) is 20.2 Å². The summed E-state index contributed by atoms with van der Waals surface area (Å²) in [6, 6.07) is 8.34. The minimum atomic E-state index is 0.710. The van der Waals surface area contributed by atoms with Crippen LogP contribution < -0.4 is 10.2 Å². The third kappa shape index (κ3) is 6.57. The first kappa shape index (κ1) is 26.9. The molecule has 1 fully saturated rings. The molecule has 2 aliphatic rings. The lowest BCUT2D eigenvalue weighted by atomic mass is 10.1. The van der Waals surface area contributed by atoms with Crippen LogP contribution in [0.15, 0.2) is 90.5 Å². The Kier molecular flexibility index (Phi) is 9.09. The highest BCUT2D eigenvalue weighted by Gasteiger charge is 2.15. The number of fused-ring (bicyclic) bond motifs is 1. The third-order valence-electron chi connectivity index (χ3n) is 6.64. The minimum Gasteiger partial charge on any atom is -0.363 e. The number of allylic oxidation sites excluding steroid dienone is 5. The third-order valence-corrected chi connectivity index (χ3v) is 6.64. The van der Waals surface area contributed by atoms with E-state index in [1.807, 2.05) is 37.3 Å². The molecule has 0 spiro atoms. The number of hydrogen-bond donors (Lipinski definition) is 1. The van der Waals surface area contributed by atoms with Gasteiger partial charge in [-0.05, 0) is 68.2 Å². The molecule has 2 aromatic heterocycles. The molecule has 0 amide bonds. The number of hydrogen-bond acceptors (Lipinski definition) is 6. The Morgan fingerprint density at radius 2 is 1.95 bits per heavy atom. The Bertz CT molecular complexity index is 1320. The SMILES string of the molecule is C=C/C=C(\N=C(/C=C)c1ccc2c(n1)C=C(N/C(=C\C)c1ccnc(N3CCCCC3)c1)CC=C2)N(C)C. The second-order valence-electron chi connectivity index (χ2n) is 9.58. The van der Waals surface area contributed by atoms with E-state index >= 15 is 0 Å². The molecule has 1 aliphatic carbocycles. The molecule has 4 rings (SSSR count). The van der Waals surface area contributed by atoms with Gasteiger partial charge in [-0.1, -0.05) is 43.5 Å². The molecule has 0 radical (unpaired) electrons. The summed E-state index contributed by atoms with van der Waals surface area (Å²) in [5, 5.41) is 3.67. The highest BCUT2D eigenvalue weighted by atomic mass is 15.2.